The summed E-state index contributed by atoms with van der Waals surface area (Å²) in [4.78, 5) is 24.5. The van der Waals surface area contributed by atoms with Crippen molar-refractivity contribution in [3.63, 3.8) is 0 Å². The molecule has 1 N–H and O–H groups in total. The molecular formula is C21H13F6N5O. The van der Waals surface area contributed by atoms with Crippen molar-refractivity contribution in [3.8, 4) is 17.5 Å². The highest BCUT2D eigenvalue weighted by Gasteiger charge is 2.32. The van der Waals surface area contributed by atoms with Gasteiger partial charge in [-0.05, 0) is 37.3 Å². The van der Waals surface area contributed by atoms with Crippen LogP contribution in [0.3, 0.4) is 0 Å². The number of carbonyl (C=O) groups is 1. The summed E-state index contributed by atoms with van der Waals surface area (Å²) in [6.07, 6.45) is -6.16. The molecule has 0 radical (unpaired) electrons. The number of aromatic nitrogens is 3. The number of amides is 1. The summed E-state index contributed by atoms with van der Waals surface area (Å²) in [5, 5.41) is 11.4. The van der Waals surface area contributed by atoms with Crippen LogP contribution in [0.2, 0.25) is 0 Å². The zero-order valence-corrected chi connectivity index (χ0v) is 16.7. The predicted octanol–water partition coefficient (Wildman–Crippen LogP) is 4.94. The minimum Gasteiger partial charge on any atom is -0.344 e. The molecular weight excluding hydrogens is 452 g/mol. The van der Waals surface area contributed by atoms with Crippen molar-refractivity contribution in [2.45, 2.75) is 25.3 Å². The first-order chi connectivity index (χ1) is 15.4. The monoisotopic (exact) mass is 465 g/mol. The van der Waals surface area contributed by atoms with Gasteiger partial charge in [0, 0.05) is 24.2 Å². The molecule has 33 heavy (non-hydrogen) atoms. The summed E-state index contributed by atoms with van der Waals surface area (Å²) in [5.74, 6) is -0.915. The van der Waals surface area contributed by atoms with Crippen molar-refractivity contribution < 1.29 is 31.1 Å². The average Bonchev–Trinajstić information content (AvgIpc) is 2.77. The van der Waals surface area contributed by atoms with E-state index in [9.17, 15) is 31.1 Å². The molecule has 1 amide bonds. The second kappa shape index (κ2) is 8.85. The lowest BCUT2D eigenvalue weighted by atomic mass is 10.0. The van der Waals surface area contributed by atoms with Gasteiger partial charge < -0.3 is 5.32 Å². The summed E-state index contributed by atoms with van der Waals surface area (Å²) in [7, 11) is 0. The maximum Gasteiger partial charge on any atom is 0.417 e. The van der Waals surface area contributed by atoms with E-state index in [1.54, 1.807) is 6.07 Å². The molecule has 1 atom stereocenters. The van der Waals surface area contributed by atoms with Crippen LogP contribution < -0.4 is 5.32 Å². The number of nitrogens with one attached hydrogen (secondary N) is 1. The van der Waals surface area contributed by atoms with Gasteiger partial charge in [0.25, 0.3) is 5.91 Å². The molecule has 0 aliphatic heterocycles. The molecule has 0 spiro atoms. The van der Waals surface area contributed by atoms with E-state index >= 15 is 0 Å². The highest BCUT2D eigenvalue weighted by atomic mass is 19.4. The number of hydrogen-bond donors (Lipinski definition) is 1. The maximum atomic E-state index is 13.1. The van der Waals surface area contributed by atoms with E-state index in [0.29, 0.717) is 18.3 Å². The number of alkyl halides is 6. The highest BCUT2D eigenvalue weighted by Crippen LogP contribution is 2.32. The summed E-state index contributed by atoms with van der Waals surface area (Å²) in [5.41, 5.74) is -2.60. The zero-order chi connectivity index (χ0) is 24.4. The number of halogens is 6. The van der Waals surface area contributed by atoms with Crippen molar-refractivity contribution in [1.29, 1.82) is 5.26 Å². The molecule has 2 heterocycles. The van der Waals surface area contributed by atoms with Gasteiger partial charge in [0.15, 0.2) is 0 Å². The van der Waals surface area contributed by atoms with E-state index in [4.69, 9.17) is 5.26 Å². The molecule has 0 saturated carbocycles. The van der Waals surface area contributed by atoms with Crippen molar-refractivity contribution in [2.24, 2.45) is 0 Å². The van der Waals surface area contributed by atoms with E-state index < -0.39 is 41.0 Å². The first-order valence-corrected chi connectivity index (χ1v) is 9.18. The number of rotatable bonds is 4. The zero-order valence-electron chi connectivity index (χ0n) is 16.7. The lowest BCUT2D eigenvalue weighted by molar-refractivity contribution is -0.138. The smallest absolute Gasteiger partial charge is 0.344 e. The molecule has 0 bridgehead atoms. The Bertz CT molecular complexity index is 1220. The third-order valence-corrected chi connectivity index (χ3v) is 4.47. The summed E-state index contributed by atoms with van der Waals surface area (Å²) < 4.78 is 77.6. The Hall–Kier alpha value is -4.01. The Labute approximate surface area is 182 Å². The van der Waals surface area contributed by atoms with Crippen molar-refractivity contribution >= 4 is 5.91 Å². The quantitative estimate of drug-likeness (QED) is 0.552. The summed E-state index contributed by atoms with van der Waals surface area (Å²) in [6.45, 7) is 1.47. The van der Waals surface area contributed by atoms with Gasteiger partial charge >= 0.3 is 12.4 Å². The summed E-state index contributed by atoms with van der Waals surface area (Å²) >= 11 is 0. The molecule has 6 nitrogen and oxygen atoms in total. The number of benzene rings is 1. The second-order valence-corrected chi connectivity index (χ2v) is 6.82. The molecule has 0 aliphatic carbocycles. The minimum absolute atomic E-state index is 0.0537. The highest BCUT2D eigenvalue weighted by molar-refractivity contribution is 5.95. The Morgan fingerprint density at radius 1 is 0.970 bits per heavy atom. The van der Waals surface area contributed by atoms with E-state index in [1.807, 2.05) is 0 Å². The number of pyridine rings is 1. The molecule has 1 unspecified atom stereocenters. The minimum atomic E-state index is -4.76. The summed E-state index contributed by atoms with van der Waals surface area (Å²) in [6, 6.07) is 4.81. The van der Waals surface area contributed by atoms with Gasteiger partial charge in [-0.2, -0.15) is 31.6 Å². The number of nitriles is 1. The van der Waals surface area contributed by atoms with Crippen molar-refractivity contribution in [3.05, 3.63) is 76.9 Å². The molecule has 12 heteroatoms. The van der Waals surface area contributed by atoms with Crippen LogP contribution in [0.15, 0.2) is 48.9 Å². The van der Waals surface area contributed by atoms with Crippen molar-refractivity contribution in [2.75, 3.05) is 0 Å². The van der Waals surface area contributed by atoms with Crippen LogP contribution in [0, 0.1) is 11.3 Å². The van der Waals surface area contributed by atoms with E-state index in [-0.39, 0.29) is 22.6 Å². The molecule has 1 aromatic carbocycles. The van der Waals surface area contributed by atoms with Crippen molar-refractivity contribution in [1.82, 2.24) is 20.3 Å². The van der Waals surface area contributed by atoms with Crippen LogP contribution in [0.5, 0.6) is 0 Å². The van der Waals surface area contributed by atoms with Crippen LogP contribution in [-0.4, -0.2) is 20.9 Å². The van der Waals surface area contributed by atoms with Crippen LogP contribution >= 0.6 is 0 Å². The topological polar surface area (TPSA) is 91.6 Å². The van der Waals surface area contributed by atoms with Gasteiger partial charge in [-0.15, -0.1) is 0 Å². The van der Waals surface area contributed by atoms with Gasteiger partial charge in [-0.3, -0.25) is 19.7 Å². The van der Waals surface area contributed by atoms with Gasteiger partial charge in [0.1, 0.15) is 5.69 Å². The molecule has 0 aliphatic rings. The van der Waals surface area contributed by atoms with Crippen LogP contribution in [0.25, 0.3) is 11.4 Å². The maximum absolute atomic E-state index is 13.1. The molecule has 0 fully saturated rings. The van der Waals surface area contributed by atoms with Crippen LogP contribution in [0.4, 0.5) is 26.3 Å². The fourth-order valence-electron chi connectivity index (χ4n) is 2.90. The Morgan fingerprint density at radius 3 is 2.21 bits per heavy atom. The number of nitrogens with zero attached hydrogens (tertiary/aromatic N) is 4. The number of hydrogen-bond acceptors (Lipinski definition) is 5. The Balaban J connectivity index is 1.90. The largest absolute Gasteiger partial charge is 0.417 e. The standard InChI is InChI=1S/C21H13F6N5O/c1-11(32-19(33)13-6-12(9-28)7-15(8-13)21(25,26)27)17-18(30-5-4-29-17)16-3-2-14(10-31-16)20(22,23)24/h2-8,10-11H,1H3,(H,32,33). The molecule has 0 saturated heterocycles. The van der Waals surface area contributed by atoms with E-state index in [2.05, 4.69) is 20.3 Å². The van der Waals surface area contributed by atoms with Crippen LogP contribution in [-0.2, 0) is 12.4 Å². The van der Waals surface area contributed by atoms with Gasteiger partial charge in [0.05, 0.1) is 40.2 Å². The molecule has 3 aromatic rings. The van der Waals surface area contributed by atoms with Gasteiger partial charge in [-0.1, -0.05) is 0 Å². The van der Waals surface area contributed by atoms with E-state index in [1.165, 1.54) is 19.3 Å². The fourth-order valence-corrected chi connectivity index (χ4v) is 2.90. The lowest BCUT2D eigenvalue weighted by Gasteiger charge is -2.17. The normalized spacial score (nSPS) is 12.7. The SMILES string of the molecule is CC(NC(=O)c1cc(C#N)cc(C(F)(F)F)c1)c1nccnc1-c1ccc(C(F)(F)F)cn1. The van der Waals surface area contributed by atoms with Gasteiger partial charge in [-0.25, -0.2) is 0 Å². The Kier molecular flexibility index (Phi) is 6.34. The predicted molar refractivity (Wildman–Crippen MR) is 102 cm³/mol. The first-order valence-electron chi connectivity index (χ1n) is 9.18. The first kappa shape index (κ1) is 23.6. The fraction of sp³-hybridized carbons (Fsp3) is 0.190. The Morgan fingerprint density at radius 2 is 1.64 bits per heavy atom. The molecule has 170 valence electrons. The third-order valence-electron chi connectivity index (χ3n) is 4.47. The van der Waals surface area contributed by atoms with Crippen LogP contribution in [0.1, 0.15) is 45.7 Å². The van der Waals surface area contributed by atoms with E-state index in [0.717, 1.165) is 18.2 Å². The molecule has 2 aromatic heterocycles. The average molecular weight is 465 g/mol. The number of carbonyl (C=O) groups excluding carboxylic acids is 1. The second-order valence-electron chi connectivity index (χ2n) is 6.82. The third kappa shape index (κ3) is 5.43. The molecule has 3 rings (SSSR count). The lowest BCUT2D eigenvalue weighted by Crippen LogP contribution is -2.28. The van der Waals surface area contributed by atoms with Gasteiger partial charge in [0.2, 0.25) is 0 Å².